The maximum absolute atomic E-state index is 11.4. The Labute approximate surface area is 114 Å². The summed E-state index contributed by atoms with van der Waals surface area (Å²) in [6.07, 6.45) is 4.63. The van der Waals surface area contributed by atoms with Gasteiger partial charge in [-0.25, -0.2) is 0 Å². The van der Waals surface area contributed by atoms with Crippen molar-refractivity contribution in [2.24, 2.45) is 0 Å². The molecule has 4 nitrogen and oxygen atoms in total. The molecule has 5 heteroatoms. The Bertz CT molecular complexity index is 524. The standard InChI is InChI=1S/C14H20O4S/c1-17-13-9-5-3-7-11(13)12-8-4-6-10-14(12)18-19(2,15)16/h3,5,7,9,12,14H,4,6,8,10H2,1-2H3/t12-,14-/m0/s1. The molecule has 0 N–H and O–H groups in total. The first-order chi connectivity index (χ1) is 9.01. The van der Waals surface area contributed by atoms with Crippen LogP contribution in [0, 0.1) is 0 Å². The normalized spacial score (nSPS) is 24.1. The van der Waals surface area contributed by atoms with Crippen molar-refractivity contribution in [2.45, 2.75) is 37.7 Å². The van der Waals surface area contributed by atoms with Crippen molar-refractivity contribution in [2.75, 3.05) is 13.4 Å². The lowest BCUT2D eigenvalue weighted by Gasteiger charge is -2.31. The Morgan fingerprint density at radius 3 is 2.53 bits per heavy atom. The Morgan fingerprint density at radius 1 is 1.16 bits per heavy atom. The third-order valence-electron chi connectivity index (χ3n) is 3.54. The van der Waals surface area contributed by atoms with Gasteiger partial charge in [-0.2, -0.15) is 8.42 Å². The Hall–Kier alpha value is -1.07. The van der Waals surface area contributed by atoms with Gasteiger partial charge < -0.3 is 4.74 Å². The molecule has 0 heterocycles. The molecular formula is C14H20O4S. The lowest BCUT2D eigenvalue weighted by atomic mass is 9.81. The minimum Gasteiger partial charge on any atom is -0.496 e. The number of hydrogen-bond acceptors (Lipinski definition) is 4. The van der Waals surface area contributed by atoms with Crippen molar-refractivity contribution in [1.29, 1.82) is 0 Å². The van der Waals surface area contributed by atoms with Crippen LogP contribution in [0.3, 0.4) is 0 Å². The molecule has 2 atom stereocenters. The van der Waals surface area contributed by atoms with Crippen LogP contribution in [0.1, 0.15) is 37.2 Å². The van der Waals surface area contributed by atoms with Crippen molar-refractivity contribution in [1.82, 2.24) is 0 Å². The van der Waals surface area contributed by atoms with Gasteiger partial charge in [-0.05, 0) is 24.5 Å². The van der Waals surface area contributed by atoms with Crippen LogP contribution in [0.4, 0.5) is 0 Å². The van der Waals surface area contributed by atoms with E-state index in [4.69, 9.17) is 8.92 Å². The maximum Gasteiger partial charge on any atom is 0.264 e. The van der Waals surface area contributed by atoms with Gasteiger partial charge >= 0.3 is 0 Å². The van der Waals surface area contributed by atoms with Gasteiger partial charge in [0.05, 0.1) is 19.5 Å². The van der Waals surface area contributed by atoms with E-state index in [1.807, 2.05) is 24.3 Å². The largest absolute Gasteiger partial charge is 0.496 e. The van der Waals surface area contributed by atoms with Gasteiger partial charge in [0.2, 0.25) is 0 Å². The molecule has 0 unspecified atom stereocenters. The first-order valence-electron chi connectivity index (χ1n) is 6.52. The second-order valence-corrected chi connectivity index (χ2v) is 6.57. The highest BCUT2D eigenvalue weighted by Gasteiger charge is 2.31. The van der Waals surface area contributed by atoms with Crippen LogP contribution in [0.2, 0.25) is 0 Å². The third kappa shape index (κ3) is 3.70. The van der Waals surface area contributed by atoms with E-state index in [9.17, 15) is 8.42 Å². The summed E-state index contributed by atoms with van der Waals surface area (Å²) in [6, 6.07) is 7.76. The van der Waals surface area contributed by atoms with E-state index < -0.39 is 10.1 Å². The zero-order valence-corrected chi connectivity index (χ0v) is 12.2. The number of ether oxygens (including phenoxy) is 1. The highest BCUT2D eigenvalue weighted by molar-refractivity contribution is 7.86. The molecule has 1 aliphatic carbocycles. The summed E-state index contributed by atoms with van der Waals surface area (Å²) in [5.41, 5.74) is 1.04. The molecule has 1 aliphatic rings. The molecule has 106 valence electrons. The van der Waals surface area contributed by atoms with E-state index in [0.717, 1.165) is 43.3 Å². The molecule has 0 amide bonds. The first-order valence-corrected chi connectivity index (χ1v) is 8.34. The second-order valence-electron chi connectivity index (χ2n) is 4.97. The van der Waals surface area contributed by atoms with E-state index in [-0.39, 0.29) is 12.0 Å². The van der Waals surface area contributed by atoms with Crippen molar-refractivity contribution in [3.8, 4) is 5.75 Å². The smallest absolute Gasteiger partial charge is 0.264 e. The Balaban J connectivity index is 2.28. The first kappa shape index (κ1) is 14.3. The van der Waals surface area contributed by atoms with E-state index in [1.165, 1.54) is 0 Å². The molecule has 1 fully saturated rings. The SMILES string of the molecule is COc1ccccc1[C@@H]1CCCC[C@@H]1OS(C)(=O)=O. The number of hydrogen-bond donors (Lipinski definition) is 0. The van der Waals surface area contributed by atoms with Crippen LogP contribution in [0.25, 0.3) is 0 Å². The van der Waals surface area contributed by atoms with Crippen LogP contribution in [-0.2, 0) is 14.3 Å². The summed E-state index contributed by atoms with van der Waals surface area (Å²) in [5.74, 6) is 0.885. The number of methoxy groups -OCH3 is 1. The number of para-hydroxylation sites is 1. The maximum atomic E-state index is 11.4. The van der Waals surface area contributed by atoms with Crippen molar-refractivity contribution >= 4 is 10.1 Å². The van der Waals surface area contributed by atoms with Gasteiger partial charge in [0.25, 0.3) is 10.1 Å². The van der Waals surface area contributed by atoms with Crippen LogP contribution < -0.4 is 4.74 Å². The molecule has 0 aromatic heterocycles. The van der Waals surface area contributed by atoms with Crippen LogP contribution >= 0.6 is 0 Å². The minimum atomic E-state index is -3.43. The summed E-state index contributed by atoms with van der Waals surface area (Å²) in [7, 11) is -1.79. The van der Waals surface area contributed by atoms with Gasteiger partial charge in [0.1, 0.15) is 5.75 Å². The lowest BCUT2D eigenvalue weighted by molar-refractivity contribution is 0.137. The van der Waals surface area contributed by atoms with Crippen molar-refractivity contribution in [3.63, 3.8) is 0 Å². The van der Waals surface area contributed by atoms with E-state index in [1.54, 1.807) is 7.11 Å². The molecule has 2 rings (SSSR count). The van der Waals surface area contributed by atoms with E-state index in [2.05, 4.69) is 0 Å². The fourth-order valence-corrected chi connectivity index (χ4v) is 3.44. The Morgan fingerprint density at radius 2 is 1.84 bits per heavy atom. The van der Waals surface area contributed by atoms with Gasteiger partial charge in [-0.3, -0.25) is 4.18 Å². The summed E-state index contributed by atoms with van der Waals surface area (Å²) in [6.45, 7) is 0. The lowest BCUT2D eigenvalue weighted by Crippen LogP contribution is -2.28. The molecule has 0 aliphatic heterocycles. The van der Waals surface area contributed by atoms with E-state index >= 15 is 0 Å². The molecule has 1 saturated carbocycles. The highest BCUT2D eigenvalue weighted by atomic mass is 32.2. The van der Waals surface area contributed by atoms with E-state index in [0.29, 0.717) is 0 Å². The van der Waals surface area contributed by atoms with Gasteiger partial charge in [0, 0.05) is 5.92 Å². The van der Waals surface area contributed by atoms with Gasteiger partial charge in [-0.15, -0.1) is 0 Å². The predicted octanol–water partition coefficient (Wildman–Crippen LogP) is 2.70. The molecule has 19 heavy (non-hydrogen) atoms. The third-order valence-corrected chi connectivity index (χ3v) is 4.14. The zero-order valence-electron chi connectivity index (χ0n) is 11.3. The van der Waals surface area contributed by atoms with Crippen molar-refractivity contribution in [3.05, 3.63) is 29.8 Å². The fourth-order valence-electron chi connectivity index (χ4n) is 2.77. The molecular weight excluding hydrogens is 264 g/mol. The van der Waals surface area contributed by atoms with Gasteiger partial charge in [0.15, 0.2) is 0 Å². The van der Waals surface area contributed by atoms with Crippen LogP contribution in [0.5, 0.6) is 5.75 Å². The van der Waals surface area contributed by atoms with Gasteiger partial charge in [-0.1, -0.05) is 31.0 Å². The molecule has 0 spiro atoms. The predicted molar refractivity (Wildman–Crippen MR) is 73.9 cm³/mol. The Kier molecular flexibility index (Phi) is 4.47. The molecule has 1 aromatic carbocycles. The monoisotopic (exact) mass is 284 g/mol. The summed E-state index contributed by atoms with van der Waals surface area (Å²) in [4.78, 5) is 0. The highest BCUT2D eigenvalue weighted by Crippen LogP contribution is 2.39. The number of rotatable bonds is 4. The number of benzene rings is 1. The average molecular weight is 284 g/mol. The van der Waals surface area contributed by atoms with Crippen molar-refractivity contribution < 1.29 is 17.3 Å². The fraction of sp³-hybridized carbons (Fsp3) is 0.571. The van der Waals surface area contributed by atoms with Crippen LogP contribution in [-0.4, -0.2) is 27.9 Å². The topological polar surface area (TPSA) is 52.6 Å². The summed E-state index contributed by atoms with van der Waals surface area (Å²) >= 11 is 0. The molecule has 1 aromatic rings. The molecule has 0 bridgehead atoms. The second kappa shape index (κ2) is 5.92. The quantitative estimate of drug-likeness (QED) is 0.798. The zero-order chi connectivity index (χ0) is 13.9. The molecule has 0 radical (unpaired) electrons. The minimum absolute atomic E-state index is 0.0830. The molecule has 0 saturated heterocycles. The summed E-state index contributed by atoms with van der Waals surface area (Å²) in [5, 5.41) is 0. The average Bonchev–Trinajstić information content (AvgIpc) is 2.37. The summed E-state index contributed by atoms with van der Waals surface area (Å²) < 4.78 is 33.4. The van der Waals surface area contributed by atoms with Crippen LogP contribution in [0.15, 0.2) is 24.3 Å².